The van der Waals surface area contributed by atoms with E-state index in [4.69, 9.17) is 4.84 Å². The fourth-order valence-electron chi connectivity index (χ4n) is 0.940. The molecule has 15 heavy (non-hydrogen) atoms. The standard InChI is InChI=1S/C11H17NO2S/c1-5-8-6-7-9(15-8)10(13)12-14-11(2,3)4/h6-7H,5H2,1-4H3,(H,12,13). The summed E-state index contributed by atoms with van der Waals surface area (Å²) < 4.78 is 0. The predicted octanol–water partition coefficient (Wildman–Crippen LogP) is 2.77. The summed E-state index contributed by atoms with van der Waals surface area (Å²) in [6, 6.07) is 3.79. The lowest BCUT2D eigenvalue weighted by Crippen LogP contribution is -2.33. The van der Waals surface area contributed by atoms with Gasteiger partial charge in [-0.1, -0.05) is 6.92 Å². The maximum absolute atomic E-state index is 11.6. The lowest BCUT2D eigenvalue weighted by Gasteiger charge is -2.18. The first-order valence-corrected chi connectivity index (χ1v) is 5.81. The second kappa shape index (κ2) is 4.77. The van der Waals surface area contributed by atoms with Crippen LogP contribution in [0.3, 0.4) is 0 Å². The van der Waals surface area contributed by atoms with Crippen LogP contribution in [0.15, 0.2) is 12.1 Å². The molecule has 1 aromatic rings. The van der Waals surface area contributed by atoms with E-state index in [2.05, 4.69) is 12.4 Å². The number of amides is 1. The molecule has 0 aromatic carbocycles. The molecule has 1 heterocycles. The maximum Gasteiger partial charge on any atom is 0.284 e. The minimum absolute atomic E-state index is 0.172. The molecule has 0 atom stereocenters. The van der Waals surface area contributed by atoms with E-state index in [1.54, 1.807) is 0 Å². The van der Waals surface area contributed by atoms with Crippen LogP contribution >= 0.6 is 11.3 Å². The van der Waals surface area contributed by atoms with Crippen LogP contribution in [0.25, 0.3) is 0 Å². The number of hydroxylamine groups is 1. The van der Waals surface area contributed by atoms with Crippen molar-refractivity contribution in [3.63, 3.8) is 0 Å². The minimum Gasteiger partial charge on any atom is -0.268 e. The first kappa shape index (κ1) is 12.2. The highest BCUT2D eigenvalue weighted by Gasteiger charge is 2.14. The number of carbonyl (C=O) groups excluding carboxylic acids is 1. The molecule has 0 aliphatic carbocycles. The smallest absolute Gasteiger partial charge is 0.268 e. The van der Waals surface area contributed by atoms with E-state index in [1.807, 2.05) is 32.9 Å². The molecular formula is C11H17NO2S. The second-order valence-electron chi connectivity index (χ2n) is 4.27. The monoisotopic (exact) mass is 227 g/mol. The predicted molar refractivity (Wildman–Crippen MR) is 62.0 cm³/mol. The summed E-state index contributed by atoms with van der Waals surface area (Å²) in [6.07, 6.45) is 0.956. The highest BCUT2D eigenvalue weighted by molar-refractivity contribution is 7.14. The van der Waals surface area contributed by atoms with Gasteiger partial charge in [0.2, 0.25) is 0 Å². The highest BCUT2D eigenvalue weighted by atomic mass is 32.1. The van der Waals surface area contributed by atoms with E-state index < -0.39 is 0 Å². The Morgan fingerprint density at radius 2 is 2.13 bits per heavy atom. The second-order valence-corrected chi connectivity index (χ2v) is 5.43. The average Bonchev–Trinajstić information content (AvgIpc) is 2.61. The average molecular weight is 227 g/mol. The van der Waals surface area contributed by atoms with Crippen molar-refractivity contribution in [2.24, 2.45) is 0 Å². The van der Waals surface area contributed by atoms with Crippen LogP contribution in [0.1, 0.15) is 42.2 Å². The van der Waals surface area contributed by atoms with Crippen molar-refractivity contribution in [2.75, 3.05) is 0 Å². The lowest BCUT2D eigenvalue weighted by molar-refractivity contribution is -0.0588. The Balaban J connectivity index is 2.54. The van der Waals surface area contributed by atoms with Gasteiger partial charge in [0, 0.05) is 4.88 Å². The number of hydrogen-bond donors (Lipinski definition) is 1. The normalized spacial score (nSPS) is 11.5. The Kier molecular flexibility index (Phi) is 3.88. The molecule has 0 radical (unpaired) electrons. The molecule has 1 aromatic heterocycles. The SMILES string of the molecule is CCc1ccc(C(=O)NOC(C)(C)C)s1. The molecule has 0 bridgehead atoms. The summed E-state index contributed by atoms with van der Waals surface area (Å²) in [5, 5.41) is 0. The first-order valence-electron chi connectivity index (χ1n) is 4.99. The van der Waals surface area contributed by atoms with E-state index in [-0.39, 0.29) is 11.5 Å². The zero-order chi connectivity index (χ0) is 11.5. The van der Waals surface area contributed by atoms with Gasteiger partial charge in [0.25, 0.3) is 5.91 Å². The van der Waals surface area contributed by atoms with E-state index in [1.165, 1.54) is 16.2 Å². The molecule has 0 saturated heterocycles. The molecule has 0 aliphatic rings. The van der Waals surface area contributed by atoms with Crippen LogP contribution in [0, 0.1) is 0 Å². The zero-order valence-corrected chi connectivity index (χ0v) is 10.4. The topological polar surface area (TPSA) is 38.3 Å². The number of aryl methyl sites for hydroxylation is 1. The summed E-state index contributed by atoms with van der Waals surface area (Å²) in [6.45, 7) is 7.73. The number of hydrogen-bond acceptors (Lipinski definition) is 3. The van der Waals surface area contributed by atoms with Gasteiger partial charge in [-0.15, -0.1) is 11.3 Å². The van der Waals surface area contributed by atoms with Crippen molar-refractivity contribution in [3.05, 3.63) is 21.9 Å². The Hall–Kier alpha value is -0.870. The fraction of sp³-hybridized carbons (Fsp3) is 0.545. The molecule has 84 valence electrons. The molecular weight excluding hydrogens is 210 g/mol. The van der Waals surface area contributed by atoms with Crippen LogP contribution in [0.2, 0.25) is 0 Å². The van der Waals surface area contributed by atoms with Crippen molar-refractivity contribution >= 4 is 17.2 Å². The summed E-state index contributed by atoms with van der Waals surface area (Å²) >= 11 is 1.50. The van der Waals surface area contributed by atoms with Gasteiger partial charge >= 0.3 is 0 Å². The number of thiophene rings is 1. The van der Waals surface area contributed by atoms with Gasteiger partial charge in [-0.3, -0.25) is 9.63 Å². The van der Waals surface area contributed by atoms with Crippen molar-refractivity contribution in [3.8, 4) is 0 Å². The van der Waals surface area contributed by atoms with E-state index in [0.717, 1.165) is 6.42 Å². The van der Waals surface area contributed by atoms with E-state index in [9.17, 15) is 4.79 Å². The fourth-order valence-corrected chi connectivity index (χ4v) is 1.77. The van der Waals surface area contributed by atoms with Gasteiger partial charge in [-0.25, -0.2) is 5.48 Å². The van der Waals surface area contributed by atoms with E-state index >= 15 is 0 Å². The Morgan fingerprint density at radius 3 is 2.60 bits per heavy atom. The first-order chi connectivity index (χ1) is 6.92. The lowest BCUT2D eigenvalue weighted by atomic mass is 10.2. The third kappa shape index (κ3) is 4.01. The van der Waals surface area contributed by atoms with Gasteiger partial charge < -0.3 is 0 Å². The quantitative estimate of drug-likeness (QED) is 0.806. The molecule has 0 aliphatic heterocycles. The number of nitrogens with one attached hydrogen (secondary N) is 1. The maximum atomic E-state index is 11.6. The summed E-state index contributed by atoms with van der Waals surface area (Å²) in [4.78, 5) is 18.7. The van der Waals surface area contributed by atoms with Crippen molar-refractivity contribution in [1.29, 1.82) is 0 Å². The molecule has 4 heteroatoms. The molecule has 0 fully saturated rings. The van der Waals surface area contributed by atoms with Crippen LogP contribution in [0.4, 0.5) is 0 Å². The van der Waals surface area contributed by atoms with E-state index in [0.29, 0.717) is 4.88 Å². The Bertz CT molecular complexity index is 339. The molecule has 1 rings (SSSR count). The third-order valence-corrected chi connectivity index (χ3v) is 2.91. The van der Waals surface area contributed by atoms with Crippen molar-refractivity contribution in [2.45, 2.75) is 39.7 Å². The largest absolute Gasteiger partial charge is 0.284 e. The van der Waals surface area contributed by atoms with Gasteiger partial charge in [-0.05, 0) is 39.3 Å². The number of rotatable bonds is 3. The summed E-state index contributed by atoms with van der Waals surface area (Å²) in [7, 11) is 0. The highest BCUT2D eigenvalue weighted by Crippen LogP contribution is 2.17. The van der Waals surface area contributed by atoms with Crippen LogP contribution < -0.4 is 5.48 Å². The molecule has 3 nitrogen and oxygen atoms in total. The third-order valence-electron chi connectivity index (χ3n) is 1.68. The zero-order valence-electron chi connectivity index (χ0n) is 9.59. The number of carbonyl (C=O) groups is 1. The minimum atomic E-state index is -0.361. The van der Waals surface area contributed by atoms with Gasteiger partial charge in [0.1, 0.15) is 0 Å². The Morgan fingerprint density at radius 1 is 1.47 bits per heavy atom. The molecule has 0 saturated carbocycles. The van der Waals surface area contributed by atoms with Gasteiger partial charge in [0.15, 0.2) is 0 Å². The van der Waals surface area contributed by atoms with Gasteiger partial charge in [0.05, 0.1) is 10.5 Å². The van der Waals surface area contributed by atoms with Crippen molar-refractivity contribution < 1.29 is 9.63 Å². The Labute approximate surface area is 94.4 Å². The molecule has 1 N–H and O–H groups in total. The molecule has 0 unspecified atom stereocenters. The summed E-state index contributed by atoms with van der Waals surface area (Å²) in [5.74, 6) is -0.172. The van der Waals surface area contributed by atoms with Crippen LogP contribution in [-0.2, 0) is 11.3 Å². The van der Waals surface area contributed by atoms with Crippen LogP contribution in [0.5, 0.6) is 0 Å². The van der Waals surface area contributed by atoms with Gasteiger partial charge in [-0.2, -0.15) is 0 Å². The van der Waals surface area contributed by atoms with Crippen molar-refractivity contribution in [1.82, 2.24) is 5.48 Å². The molecule has 1 amide bonds. The molecule has 0 spiro atoms. The van der Waals surface area contributed by atoms with Crippen LogP contribution in [-0.4, -0.2) is 11.5 Å². The summed E-state index contributed by atoms with van der Waals surface area (Å²) in [5.41, 5.74) is 2.09.